The summed E-state index contributed by atoms with van der Waals surface area (Å²) in [5.41, 5.74) is 0.690. The molecule has 0 spiro atoms. The van der Waals surface area contributed by atoms with Crippen LogP contribution < -0.4 is 0 Å². The Bertz CT molecular complexity index is 371. The Labute approximate surface area is 115 Å². The van der Waals surface area contributed by atoms with Gasteiger partial charge in [-0.25, -0.2) is 0 Å². The van der Waals surface area contributed by atoms with Crippen molar-refractivity contribution in [3.05, 3.63) is 34.9 Å². The van der Waals surface area contributed by atoms with E-state index in [4.69, 9.17) is 11.6 Å². The lowest BCUT2D eigenvalue weighted by Crippen LogP contribution is -2.32. The van der Waals surface area contributed by atoms with E-state index in [1.54, 1.807) is 12.1 Å². The molecule has 0 bridgehead atoms. The molecule has 1 rings (SSSR count). The van der Waals surface area contributed by atoms with Gasteiger partial charge >= 0.3 is 0 Å². The number of unbranched alkanes of at least 4 members (excludes halogenated alkanes) is 2. The Morgan fingerprint density at radius 2 is 1.78 bits per heavy atom. The molecule has 18 heavy (non-hydrogen) atoms. The second-order valence-corrected chi connectivity index (χ2v) is 4.95. The standard InChI is InChI=1S/C15H22ClNO/c1-3-5-10-17(11-6-4-2)15(18)13-8-7-9-14(16)12-13/h7-9,12H,3-6,10-11H2,1-2H3. The predicted octanol–water partition coefficient (Wildman–Crippen LogP) is 4.38. The van der Waals surface area contributed by atoms with E-state index in [0.29, 0.717) is 10.6 Å². The zero-order valence-corrected chi connectivity index (χ0v) is 12.0. The molecule has 0 saturated carbocycles. The van der Waals surface area contributed by atoms with Gasteiger partial charge in [-0.1, -0.05) is 44.4 Å². The van der Waals surface area contributed by atoms with Crippen LogP contribution in [0.25, 0.3) is 0 Å². The van der Waals surface area contributed by atoms with Crippen LogP contribution in [0, 0.1) is 0 Å². The van der Waals surface area contributed by atoms with E-state index < -0.39 is 0 Å². The second kappa shape index (κ2) is 8.15. The molecule has 0 aliphatic carbocycles. The van der Waals surface area contributed by atoms with Crippen LogP contribution >= 0.6 is 11.6 Å². The van der Waals surface area contributed by atoms with Crippen LogP contribution in [0.1, 0.15) is 49.9 Å². The lowest BCUT2D eigenvalue weighted by atomic mass is 10.1. The van der Waals surface area contributed by atoms with Crippen LogP contribution in [0.3, 0.4) is 0 Å². The number of hydrogen-bond acceptors (Lipinski definition) is 1. The molecule has 0 aliphatic heterocycles. The van der Waals surface area contributed by atoms with E-state index in [0.717, 1.165) is 38.8 Å². The van der Waals surface area contributed by atoms with Gasteiger partial charge in [-0.15, -0.1) is 0 Å². The van der Waals surface area contributed by atoms with Crippen LogP contribution in [-0.2, 0) is 0 Å². The smallest absolute Gasteiger partial charge is 0.253 e. The second-order valence-electron chi connectivity index (χ2n) is 4.51. The first-order valence-corrected chi connectivity index (χ1v) is 7.11. The molecular formula is C15H22ClNO. The van der Waals surface area contributed by atoms with E-state index >= 15 is 0 Å². The van der Waals surface area contributed by atoms with Crippen molar-refractivity contribution in [1.82, 2.24) is 4.90 Å². The summed E-state index contributed by atoms with van der Waals surface area (Å²) in [5.74, 6) is 0.0967. The van der Waals surface area contributed by atoms with Gasteiger partial charge in [0, 0.05) is 23.7 Å². The quantitative estimate of drug-likeness (QED) is 0.718. The Hall–Kier alpha value is -1.02. The Kier molecular flexibility index (Phi) is 6.81. The highest BCUT2D eigenvalue weighted by atomic mass is 35.5. The normalized spacial score (nSPS) is 10.4. The van der Waals surface area contributed by atoms with Crippen molar-refractivity contribution in [2.75, 3.05) is 13.1 Å². The van der Waals surface area contributed by atoms with E-state index in [-0.39, 0.29) is 5.91 Å². The average Bonchev–Trinajstić information content (AvgIpc) is 2.38. The number of nitrogens with zero attached hydrogens (tertiary/aromatic N) is 1. The molecule has 0 heterocycles. The number of carbonyl (C=O) groups excluding carboxylic acids is 1. The zero-order chi connectivity index (χ0) is 13.4. The molecule has 0 aliphatic rings. The van der Waals surface area contributed by atoms with Gasteiger partial charge in [0.2, 0.25) is 0 Å². The molecule has 3 heteroatoms. The molecule has 0 unspecified atom stereocenters. The van der Waals surface area contributed by atoms with Crippen molar-refractivity contribution in [2.24, 2.45) is 0 Å². The summed E-state index contributed by atoms with van der Waals surface area (Å²) in [5, 5.41) is 0.617. The van der Waals surface area contributed by atoms with Gasteiger partial charge in [0.1, 0.15) is 0 Å². The number of benzene rings is 1. The topological polar surface area (TPSA) is 20.3 Å². The third-order valence-corrected chi connectivity index (χ3v) is 3.16. The molecule has 1 aromatic carbocycles. The number of rotatable bonds is 7. The molecule has 0 N–H and O–H groups in total. The molecular weight excluding hydrogens is 246 g/mol. The van der Waals surface area contributed by atoms with Gasteiger partial charge in [-0.2, -0.15) is 0 Å². The van der Waals surface area contributed by atoms with Crippen LogP contribution in [0.2, 0.25) is 5.02 Å². The maximum atomic E-state index is 12.4. The van der Waals surface area contributed by atoms with Crippen LogP contribution in [-0.4, -0.2) is 23.9 Å². The van der Waals surface area contributed by atoms with Crippen LogP contribution in [0.15, 0.2) is 24.3 Å². The van der Waals surface area contributed by atoms with Gasteiger partial charge < -0.3 is 4.90 Å². The highest BCUT2D eigenvalue weighted by Crippen LogP contribution is 2.13. The predicted molar refractivity (Wildman–Crippen MR) is 77.2 cm³/mol. The number of amides is 1. The van der Waals surface area contributed by atoms with Crippen molar-refractivity contribution < 1.29 is 4.79 Å². The maximum Gasteiger partial charge on any atom is 0.253 e. The minimum absolute atomic E-state index is 0.0967. The average molecular weight is 268 g/mol. The van der Waals surface area contributed by atoms with Gasteiger partial charge in [0.25, 0.3) is 5.91 Å². The van der Waals surface area contributed by atoms with Gasteiger partial charge in [0.05, 0.1) is 0 Å². The molecule has 2 nitrogen and oxygen atoms in total. The number of carbonyl (C=O) groups is 1. The molecule has 0 atom stereocenters. The molecule has 0 radical (unpaired) electrons. The molecule has 100 valence electrons. The molecule has 1 aromatic rings. The van der Waals surface area contributed by atoms with Crippen molar-refractivity contribution in [3.8, 4) is 0 Å². The zero-order valence-electron chi connectivity index (χ0n) is 11.3. The fourth-order valence-corrected chi connectivity index (χ4v) is 2.01. The molecule has 0 fully saturated rings. The van der Waals surface area contributed by atoms with Crippen molar-refractivity contribution >= 4 is 17.5 Å². The largest absolute Gasteiger partial charge is 0.339 e. The summed E-state index contributed by atoms with van der Waals surface area (Å²) >= 11 is 5.93. The number of halogens is 1. The summed E-state index contributed by atoms with van der Waals surface area (Å²) in [6, 6.07) is 7.20. The number of hydrogen-bond donors (Lipinski definition) is 0. The Morgan fingerprint density at radius 3 is 2.28 bits per heavy atom. The molecule has 1 amide bonds. The highest BCUT2D eigenvalue weighted by molar-refractivity contribution is 6.30. The minimum atomic E-state index is 0.0967. The van der Waals surface area contributed by atoms with E-state index in [1.807, 2.05) is 17.0 Å². The first-order chi connectivity index (χ1) is 8.69. The van der Waals surface area contributed by atoms with E-state index in [9.17, 15) is 4.79 Å². The highest BCUT2D eigenvalue weighted by Gasteiger charge is 2.14. The minimum Gasteiger partial charge on any atom is -0.339 e. The van der Waals surface area contributed by atoms with Crippen LogP contribution in [0.5, 0.6) is 0 Å². The third kappa shape index (κ3) is 4.69. The summed E-state index contributed by atoms with van der Waals surface area (Å²) < 4.78 is 0. The van der Waals surface area contributed by atoms with Gasteiger partial charge in [0.15, 0.2) is 0 Å². The van der Waals surface area contributed by atoms with Crippen LogP contribution in [0.4, 0.5) is 0 Å². The Morgan fingerprint density at radius 1 is 1.17 bits per heavy atom. The first kappa shape index (κ1) is 15.0. The van der Waals surface area contributed by atoms with Crippen molar-refractivity contribution in [3.63, 3.8) is 0 Å². The molecule has 0 aromatic heterocycles. The Balaban J connectivity index is 2.73. The van der Waals surface area contributed by atoms with Crippen molar-refractivity contribution in [2.45, 2.75) is 39.5 Å². The fourth-order valence-electron chi connectivity index (χ4n) is 1.82. The SMILES string of the molecule is CCCCN(CCCC)C(=O)c1cccc(Cl)c1. The molecule has 0 saturated heterocycles. The summed E-state index contributed by atoms with van der Waals surface area (Å²) in [6.45, 7) is 5.95. The lowest BCUT2D eigenvalue weighted by Gasteiger charge is -2.22. The monoisotopic (exact) mass is 267 g/mol. The van der Waals surface area contributed by atoms with Crippen molar-refractivity contribution in [1.29, 1.82) is 0 Å². The van der Waals surface area contributed by atoms with E-state index in [2.05, 4.69) is 13.8 Å². The van der Waals surface area contributed by atoms with Gasteiger partial charge in [-0.05, 0) is 31.0 Å². The lowest BCUT2D eigenvalue weighted by molar-refractivity contribution is 0.0751. The third-order valence-electron chi connectivity index (χ3n) is 2.92. The van der Waals surface area contributed by atoms with E-state index in [1.165, 1.54) is 0 Å². The fraction of sp³-hybridized carbons (Fsp3) is 0.533. The summed E-state index contributed by atoms with van der Waals surface area (Å²) in [4.78, 5) is 14.3. The maximum absolute atomic E-state index is 12.4. The first-order valence-electron chi connectivity index (χ1n) is 6.73. The van der Waals surface area contributed by atoms with Gasteiger partial charge in [-0.3, -0.25) is 4.79 Å². The summed E-state index contributed by atoms with van der Waals surface area (Å²) in [7, 11) is 0. The summed E-state index contributed by atoms with van der Waals surface area (Å²) in [6.07, 6.45) is 4.31.